The molecule has 0 aliphatic rings. The SMILES string of the molecule is CCOc1ccc(F)cc1Cl. The lowest BCUT2D eigenvalue weighted by Crippen LogP contribution is -1.91. The molecule has 0 saturated heterocycles. The summed E-state index contributed by atoms with van der Waals surface area (Å²) >= 11 is 5.64. The first-order valence-corrected chi connectivity index (χ1v) is 3.69. The number of rotatable bonds is 2. The van der Waals surface area contributed by atoms with Crippen LogP contribution in [0.4, 0.5) is 4.39 Å². The quantitative estimate of drug-likeness (QED) is 0.670. The van der Waals surface area contributed by atoms with Crippen molar-refractivity contribution in [2.24, 2.45) is 0 Å². The van der Waals surface area contributed by atoms with Crippen LogP contribution in [0.15, 0.2) is 18.2 Å². The average Bonchev–Trinajstić information content (AvgIpc) is 1.95. The summed E-state index contributed by atoms with van der Waals surface area (Å²) in [7, 11) is 0. The van der Waals surface area contributed by atoms with E-state index in [-0.39, 0.29) is 5.82 Å². The molecule has 0 saturated carbocycles. The van der Waals surface area contributed by atoms with Crippen molar-refractivity contribution in [3.63, 3.8) is 0 Å². The first-order chi connectivity index (χ1) is 5.24. The van der Waals surface area contributed by atoms with Crippen LogP contribution < -0.4 is 4.74 Å². The van der Waals surface area contributed by atoms with E-state index in [1.165, 1.54) is 18.2 Å². The summed E-state index contributed by atoms with van der Waals surface area (Å²) in [5.74, 6) is 0.175. The van der Waals surface area contributed by atoms with E-state index in [4.69, 9.17) is 16.3 Å². The monoisotopic (exact) mass is 174 g/mol. The van der Waals surface area contributed by atoms with E-state index in [9.17, 15) is 4.39 Å². The second-order valence-electron chi connectivity index (χ2n) is 2.01. The highest BCUT2D eigenvalue weighted by Gasteiger charge is 2.00. The Labute approximate surface area is 69.7 Å². The van der Waals surface area contributed by atoms with Crippen molar-refractivity contribution in [3.05, 3.63) is 29.0 Å². The van der Waals surface area contributed by atoms with Gasteiger partial charge in [0.2, 0.25) is 0 Å². The second kappa shape index (κ2) is 3.58. The van der Waals surface area contributed by atoms with Crippen LogP contribution in [0.5, 0.6) is 5.75 Å². The number of hydrogen-bond acceptors (Lipinski definition) is 1. The summed E-state index contributed by atoms with van der Waals surface area (Å²) in [6.45, 7) is 2.38. The summed E-state index contributed by atoms with van der Waals surface area (Å²) in [6.07, 6.45) is 0. The molecular formula is C8H8ClFO. The number of hydrogen-bond donors (Lipinski definition) is 0. The van der Waals surface area contributed by atoms with Crippen molar-refractivity contribution >= 4 is 11.6 Å². The fourth-order valence-corrected chi connectivity index (χ4v) is 0.970. The first kappa shape index (κ1) is 8.34. The van der Waals surface area contributed by atoms with E-state index >= 15 is 0 Å². The largest absolute Gasteiger partial charge is 0.492 e. The molecule has 0 fully saturated rings. The molecule has 60 valence electrons. The highest BCUT2D eigenvalue weighted by atomic mass is 35.5. The molecule has 0 amide bonds. The van der Waals surface area contributed by atoms with Crippen LogP contribution in [-0.4, -0.2) is 6.61 Å². The fourth-order valence-electron chi connectivity index (χ4n) is 0.748. The van der Waals surface area contributed by atoms with Gasteiger partial charge in [-0.15, -0.1) is 0 Å². The van der Waals surface area contributed by atoms with Crippen LogP contribution in [-0.2, 0) is 0 Å². The highest BCUT2D eigenvalue weighted by Crippen LogP contribution is 2.24. The van der Waals surface area contributed by atoms with E-state index in [2.05, 4.69) is 0 Å². The van der Waals surface area contributed by atoms with Gasteiger partial charge < -0.3 is 4.74 Å². The molecule has 1 rings (SSSR count). The smallest absolute Gasteiger partial charge is 0.138 e. The predicted octanol–water partition coefficient (Wildman–Crippen LogP) is 2.88. The predicted molar refractivity (Wildman–Crippen MR) is 42.6 cm³/mol. The Morgan fingerprint density at radius 1 is 1.55 bits per heavy atom. The molecule has 0 aliphatic heterocycles. The zero-order valence-electron chi connectivity index (χ0n) is 6.10. The van der Waals surface area contributed by atoms with Crippen LogP contribution in [0.2, 0.25) is 5.02 Å². The molecular weight excluding hydrogens is 167 g/mol. The number of ether oxygens (including phenoxy) is 1. The maximum Gasteiger partial charge on any atom is 0.138 e. The molecule has 3 heteroatoms. The van der Waals surface area contributed by atoms with Crippen molar-refractivity contribution in [1.82, 2.24) is 0 Å². The third kappa shape index (κ3) is 2.09. The number of halogens is 2. The first-order valence-electron chi connectivity index (χ1n) is 3.32. The van der Waals surface area contributed by atoms with Gasteiger partial charge in [-0.2, -0.15) is 0 Å². The molecule has 0 bridgehead atoms. The Balaban J connectivity index is 2.90. The maximum absolute atomic E-state index is 12.4. The molecule has 0 N–H and O–H groups in total. The lowest BCUT2D eigenvalue weighted by atomic mass is 10.3. The van der Waals surface area contributed by atoms with Crippen molar-refractivity contribution < 1.29 is 9.13 Å². The van der Waals surface area contributed by atoms with Crippen molar-refractivity contribution in [3.8, 4) is 5.75 Å². The Bertz CT molecular complexity index is 250. The minimum Gasteiger partial charge on any atom is -0.492 e. The van der Waals surface area contributed by atoms with Crippen LogP contribution in [0, 0.1) is 5.82 Å². The van der Waals surface area contributed by atoms with Gasteiger partial charge in [0.15, 0.2) is 0 Å². The topological polar surface area (TPSA) is 9.23 Å². The van der Waals surface area contributed by atoms with Crippen LogP contribution in [0.1, 0.15) is 6.92 Å². The standard InChI is InChI=1S/C8H8ClFO/c1-2-11-8-4-3-6(10)5-7(8)9/h3-5H,2H2,1H3. The fraction of sp³-hybridized carbons (Fsp3) is 0.250. The van der Waals surface area contributed by atoms with Crippen molar-refractivity contribution in [2.45, 2.75) is 6.92 Å². The van der Waals surface area contributed by atoms with Gasteiger partial charge >= 0.3 is 0 Å². The summed E-state index contributed by atoms with van der Waals surface area (Å²) in [5.41, 5.74) is 0. The highest BCUT2D eigenvalue weighted by molar-refractivity contribution is 6.32. The molecule has 0 heterocycles. The van der Waals surface area contributed by atoms with Crippen molar-refractivity contribution in [1.29, 1.82) is 0 Å². The van der Waals surface area contributed by atoms with Gasteiger partial charge in [-0.3, -0.25) is 0 Å². The molecule has 1 aromatic rings. The van der Waals surface area contributed by atoms with Gasteiger partial charge in [-0.05, 0) is 25.1 Å². The summed E-state index contributed by atoms with van der Waals surface area (Å²) < 4.78 is 17.5. The zero-order valence-corrected chi connectivity index (χ0v) is 6.86. The van der Waals surface area contributed by atoms with Crippen LogP contribution >= 0.6 is 11.6 Å². The van der Waals surface area contributed by atoms with E-state index < -0.39 is 0 Å². The summed E-state index contributed by atoms with van der Waals surface area (Å²) in [5, 5.41) is 0.312. The molecule has 0 aromatic heterocycles. The van der Waals surface area contributed by atoms with E-state index in [1.807, 2.05) is 6.92 Å². The number of benzene rings is 1. The van der Waals surface area contributed by atoms with Gasteiger partial charge in [-0.25, -0.2) is 4.39 Å². The Morgan fingerprint density at radius 2 is 2.27 bits per heavy atom. The van der Waals surface area contributed by atoms with Crippen molar-refractivity contribution in [2.75, 3.05) is 6.61 Å². The van der Waals surface area contributed by atoms with E-state index in [0.29, 0.717) is 17.4 Å². The molecule has 0 radical (unpaired) electrons. The van der Waals surface area contributed by atoms with Gasteiger partial charge in [0.25, 0.3) is 0 Å². The van der Waals surface area contributed by atoms with Gasteiger partial charge in [0.05, 0.1) is 11.6 Å². The molecule has 0 spiro atoms. The lowest BCUT2D eigenvalue weighted by molar-refractivity contribution is 0.340. The molecule has 11 heavy (non-hydrogen) atoms. The maximum atomic E-state index is 12.4. The average molecular weight is 175 g/mol. The van der Waals surface area contributed by atoms with E-state index in [0.717, 1.165) is 0 Å². The Morgan fingerprint density at radius 3 is 2.82 bits per heavy atom. The third-order valence-corrected chi connectivity index (χ3v) is 1.49. The minimum atomic E-state index is -0.349. The van der Waals surface area contributed by atoms with Crippen LogP contribution in [0.25, 0.3) is 0 Å². The Kier molecular flexibility index (Phi) is 2.71. The van der Waals surface area contributed by atoms with Gasteiger partial charge in [0, 0.05) is 0 Å². The lowest BCUT2D eigenvalue weighted by Gasteiger charge is -2.03. The van der Waals surface area contributed by atoms with Crippen LogP contribution in [0.3, 0.4) is 0 Å². The van der Waals surface area contributed by atoms with E-state index in [1.54, 1.807) is 0 Å². The molecule has 0 aliphatic carbocycles. The van der Waals surface area contributed by atoms with Gasteiger partial charge in [-0.1, -0.05) is 11.6 Å². The minimum absolute atomic E-state index is 0.312. The normalized spacial score (nSPS) is 9.73. The molecule has 0 unspecified atom stereocenters. The Hall–Kier alpha value is -0.760. The second-order valence-corrected chi connectivity index (χ2v) is 2.41. The molecule has 1 aromatic carbocycles. The van der Waals surface area contributed by atoms with Gasteiger partial charge in [0.1, 0.15) is 11.6 Å². The third-order valence-electron chi connectivity index (χ3n) is 1.19. The molecule has 1 nitrogen and oxygen atoms in total. The molecule has 0 atom stereocenters. The summed E-state index contributed by atoms with van der Waals surface area (Å²) in [4.78, 5) is 0. The zero-order chi connectivity index (χ0) is 8.27. The summed E-state index contributed by atoms with van der Waals surface area (Å²) in [6, 6.07) is 4.06.